The molecule has 0 spiro atoms. The Morgan fingerprint density at radius 2 is 1.95 bits per heavy atom. The Balaban J connectivity index is 1.46. The van der Waals surface area contributed by atoms with Crippen LogP contribution < -0.4 is 5.32 Å². The summed E-state index contributed by atoms with van der Waals surface area (Å²) in [5.74, 6) is 1.60. The first-order valence-electron chi connectivity index (χ1n) is 6.93. The highest BCUT2D eigenvalue weighted by atomic mass is 16.5. The summed E-state index contributed by atoms with van der Waals surface area (Å²) < 4.78 is 5.06. The van der Waals surface area contributed by atoms with Crippen LogP contribution >= 0.6 is 0 Å². The highest BCUT2D eigenvalue weighted by Crippen LogP contribution is 2.36. The summed E-state index contributed by atoms with van der Waals surface area (Å²) in [5.41, 5.74) is 3.80. The highest BCUT2D eigenvalue weighted by Gasteiger charge is 2.29. The predicted octanol–water partition coefficient (Wildman–Crippen LogP) is 3.33. The molecule has 1 aromatic heterocycles. The minimum Gasteiger partial charge on any atom is -0.361 e. The Morgan fingerprint density at radius 1 is 1.21 bits per heavy atom. The molecule has 1 heterocycles. The molecule has 3 nitrogen and oxygen atoms in total. The standard InChI is InChI=1S/C16H20N2O/c1-11-3-5-13(6-4-11)14-8-15(9-14)17-10-16-7-12(2)19-18-16/h3-7,14-15,17H,8-10H2,1-2H3. The van der Waals surface area contributed by atoms with Gasteiger partial charge in [0.25, 0.3) is 0 Å². The Morgan fingerprint density at radius 3 is 2.58 bits per heavy atom. The summed E-state index contributed by atoms with van der Waals surface area (Å²) in [6.07, 6.45) is 2.44. The maximum atomic E-state index is 5.06. The molecule has 0 saturated heterocycles. The van der Waals surface area contributed by atoms with Gasteiger partial charge in [0, 0.05) is 18.7 Å². The van der Waals surface area contributed by atoms with Crippen LogP contribution in [0.4, 0.5) is 0 Å². The fourth-order valence-corrected chi connectivity index (χ4v) is 2.65. The number of hydrogen-bond acceptors (Lipinski definition) is 3. The number of nitrogens with zero attached hydrogens (tertiary/aromatic N) is 1. The number of benzene rings is 1. The maximum Gasteiger partial charge on any atom is 0.133 e. The van der Waals surface area contributed by atoms with Crippen molar-refractivity contribution in [2.75, 3.05) is 0 Å². The van der Waals surface area contributed by atoms with Gasteiger partial charge in [0.15, 0.2) is 0 Å². The van der Waals surface area contributed by atoms with Crippen LogP contribution in [0.2, 0.25) is 0 Å². The zero-order valence-corrected chi connectivity index (χ0v) is 11.5. The molecule has 2 aromatic rings. The van der Waals surface area contributed by atoms with E-state index in [4.69, 9.17) is 4.52 Å². The van der Waals surface area contributed by atoms with E-state index in [-0.39, 0.29) is 0 Å². The molecule has 1 aliphatic rings. The quantitative estimate of drug-likeness (QED) is 0.911. The molecule has 0 bridgehead atoms. The van der Waals surface area contributed by atoms with Crippen LogP contribution in [0.3, 0.4) is 0 Å². The van der Waals surface area contributed by atoms with Crippen LogP contribution in [0.25, 0.3) is 0 Å². The Bertz CT molecular complexity index is 538. The van der Waals surface area contributed by atoms with Gasteiger partial charge in [-0.25, -0.2) is 0 Å². The van der Waals surface area contributed by atoms with Crippen molar-refractivity contribution in [1.29, 1.82) is 0 Å². The largest absolute Gasteiger partial charge is 0.361 e. The second-order valence-corrected chi connectivity index (χ2v) is 5.59. The third-order valence-corrected chi connectivity index (χ3v) is 3.94. The summed E-state index contributed by atoms with van der Waals surface area (Å²) in [4.78, 5) is 0. The van der Waals surface area contributed by atoms with E-state index in [1.54, 1.807) is 0 Å². The minimum absolute atomic E-state index is 0.614. The van der Waals surface area contributed by atoms with Crippen LogP contribution in [0.15, 0.2) is 34.9 Å². The fourth-order valence-electron chi connectivity index (χ4n) is 2.65. The van der Waals surface area contributed by atoms with Crippen molar-refractivity contribution >= 4 is 0 Å². The van der Waals surface area contributed by atoms with Crippen LogP contribution in [-0.4, -0.2) is 11.2 Å². The van der Waals surface area contributed by atoms with Crippen LogP contribution in [0, 0.1) is 13.8 Å². The lowest BCUT2D eigenvalue weighted by Crippen LogP contribution is -2.39. The van der Waals surface area contributed by atoms with Gasteiger partial charge >= 0.3 is 0 Å². The van der Waals surface area contributed by atoms with Crippen LogP contribution in [-0.2, 0) is 6.54 Å². The van der Waals surface area contributed by atoms with E-state index in [1.807, 2.05) is 13.0 Å². The van der Waals surface area contributed by atoms with Crippen molar-refractivity contribution in [1.82, 2.24) is 10.5 Å². The van der Waals surface area contributed by atoms with Gasteiger partial charge in [-0.1, -0.05) is 35.0 Å². The summed E-state index contributed by atoms with van der Waals surface area (Å²) in [7, 11) is 0. The average molecular weight is 256 g/mol. The topological polar surface area (TPSA) is 38.1 Å². The number of nitrogens with one attached hydrogen (secondary N) is 1. The highest BCUT2D eigenvalue weighted by molar-refractivity contribution is 5.26. The first kappa shape index (κ1) is 12.4. The van der Waals surface area contributed by atoms with Crippen molar-refractivity contribution in [3.8, 4) is 0 Å². The molecule has 19 heavy (non-hydrogen) atoms. The maximum absolute atomic E-state index is 5.06. The van der Waals surface area contributed by atoms with Gasteiger partial charge in [0.1, 0.15) is 5.76 Å². The van der Waals surface area contributed by atoms with Gasteiger partial charge in [0.2, 0.25) is 0 Å². The third-order valence-electron chi connectivity index (χ3n) is 3.94. The molecule has 1 aliphatic carbocycles. The molecule has 0 amide bonds. The van der Waals surface area contributed by atoms with Gasteiger partial charge in [-0.15, -0.1) is 0 Å². The number of aromatic nitrogens is 1. The Kier molecular flexibility index (Phi) is 3.38. The van der Waals surface area contributed by atoms with E-state index in [1.165, 1.54) is 24.0 Å². The molecular formula is C16H20N2O. The normalized spacial score (nSPS) is 22.2. The Hall–Kier alpha value is -1.61. The molecule has 1 aromatic carbocycles. The Labute approximate surface area is 114 Å². The smallest absolute Gasteiger partial charge is 0.133 e. The van der Waals surface area contributed by atoms with Gasteiger partial charge < -0.3 is 9.84 Å². The van der Waals surface area contributed by atoms with Crippen molar-refractivity contribution in [3.63, 3.8) is 0 Å². The number of hydrogen-bond donors (Lipinski definition) is 1. The SMILES string of the molecule is Cc1ccc(C2CC(NCc3cc(C)on3)C2)cc1. The van der Waals surface area contributed by atoms with Crippen molar-refractivity contribution in [2.45, 2.75) is 45.2 Å². The van der Waals surface area contributed by atoms with Crippen LogP contribution in [0.1, 0.15) is 41.3 Å². The molecule has 0 radical (unpaired) electrons. The second kappa shape index (κ2) is 5.17. The molecular weight excluding hydrogens is 236 g/mol. The molecule has 3 heteroatoms. The lowest BCUT2D eigenvalue weighted by Gasteiger charge is -2.36. The van der Waals surface area contributed by atoms with E-state index in [2.05, 4.69) is 41.7 Å². The molecule has 100 valence electrons. The first-order valence-corrected chi connectivity index (χ1v) is 6.93. The monoisotopic (exact) mass is 256 g/mol. The van der Waals surface area contributed by atoms with Crippen molar-refractivity contribution in [2.24, 2.45) is 0 Å². The molecule has 1 saturated carbocycles. The average Bonchev–Trinajstić information content (AvgIpc) is 2.75. The zero-order valence-electron chi connectivity index (χ0n) is 11.5. The lowest BCUT2D eigenvalue weighted by atomic mass is 9.76. The first-order chi connectivity index (χ1) is 9.20. The number of rotatable bonds is 4. The van der Waals surface area contributed by atoms with Crippen LogP contribution in [0.5, 0.6) is 0 Å². The van der Waals surface area contributed by atoms with E-state index >= 15 is 0 Å². The molecule has 0 unspecified atom stereocenters. The molecule has 0 aliphatic heterocycles. The van der Waals surface area contributed by atoms with Crippen molar-refractivity contribution < 1.29 is 4.52 Å². The summed E-state index contributed by atoms with van der Waals surface area (Å²) in [6.45, 7) is 4.87. The van der Waals surface area contributed by atoms with E-state index in [0.717, 1.165) is 23.9 Å². The minimum atomic E-state index is 0.614. The van der Waals surface area contributed by atoms with E-state index in [9.17, 15) is 0 Å². The fraction of sp³-hybridized carbons (Fsp3) is 0.438. The van der Waals surface area contributed by atoms with Gasteiger partial charge in [-0.05, 0) is 38.2 Å². The lowest BCUT2D eigenvalue weighted by molar-refractivity contribution is 0.286. The van der Waals surface area contributed by atoms with E-state index in [0.29, 0.717) is 6.04 Å². The summed E-state index contributed by atoms with van der Waals surface area (Å²) in [6, 6.07) is 11.5. The predicted molar refractivity (Wildman–Crippen MR) is 75.0 cm³/mol. The summed E-state index contributed by atoms with van der Waals surface area (Å²) in [5, 5.41) is 7.53. The van der Waals surface area contributed by atoms with Crippen molar-refractivity contribution in [3.05, 3.63) is 52.9 Å². The molecule has 3 rings (SSSR count). The number of aryl methyl sites for hydroxylation is 2. The molecule has 1 fully saturated rings. The van der Waals surface area contributed by atoms with Gasteiger partial charge in [-0.2, -0.15) is 0 Å². The molecule has 1 N–H and O–H groups in total. The van der Waals surface area contributed by atoms with E-state index < -0.39 is 0 Å². The van der Waals surface area contributed by atoms with Gasteiger partial charge in [0.05, 0.1) is 5.69 Å². The van der Waals surface area contributed by atoms with Gasteiger partial charge in [-0.3, -0.25) is 0 Å². The molecule has 0 atom stereocenters. The third kappa shape index (κ3) is 2.87. The second-order valence-electron chi connectivity index (χ2n) is 5.59. The zero-order chi connectivity index (χ0) is 13.2. The summed E-state index contributed by atoms with van der Waals surface area (Å²) >= 11 is 0.